The minimum Gasteiger partial charge on any atom is -0.349 e. The molecule has 5 nitrogen and oxygen atoms in total. The van der Waals surface area contributed by atoms with E-state index in [0.29, 0.717) is 18.3 Å². The summed E-state index contributed by atoms with van der Waals surface area (Å²) in [6, 6.07) is 16.3. The largest absolute Gasteiger partial charge is 0.349 e. The van der Waals surface area contributed by atoms with E-state index in [0.717, 1.165) is 5.69 Å². The first-order chi connectivity index (χ1) is 11.2. The van der Waals surface area contributed by atoms with Crippen molar-refractivity contribution in [1.29, 1.82) is 0 Å². The second kappa shape index (κ2) is 6.87. The van der Waals surface area contributed by atoms with Crippen LogP contribution < -0.4 is 10.6 Å². The molecular formula is C18H19N5. The topological polar surface area (TPSA) is 62.7 Å². The third kappa shape index (κ3) is 4.03. The minimum atomic E-state index is 0.505. The van der Waals surface area contributed by atoms with Gasteiger partial charge in [-0.15, -0.1) is 5.10 Å². The molecule has 0 atom stereocenters. The molecular weight excluding hydrogens is 286 g/mol. The summed E-state index contributed by atoms with van der Waals surface area (Å²) in [5.74, 6) is 1.17. The number of hydrogen-bond acceptors (Lipinski definition) is 5. The van der Waals surface area contributed by atoms with Crippen molar-refractivity contribution in [3.63, 3.8) is 0 Å². The number of aromatic nitrogens is 3. The van der Waals surface area contributed by atoms with Crippen molar-refractivity contribution in [3.05, 3.63) is 71.4 Å². The molecule has 3 rings (SSSR count). The molecule has 1 heterocycles. The summed E-state index contributed by atoms with van der Waals surface area (Å²) in [6.07, 6.45) is 1.61. The van der Waals surface area contributed by atoms with Crippen LogP contribution in [-0.2, 0) is 6.54 Å². The van der Waals surface area contributed by atoms with E-state index in [1.54, 1.807) is 6.20 Å². The van der Waals surface area contributed by atoms with Crippen molar-refractivity contribution in [1.82, 2.24) is 15.2 Å². The van der Waals surface area contributed by atoms with Crippen LogP contribution in [0.5, 0.6) is 0 Å². The molecule has 0 bridgehead atoms. The van der Waals surface area contributed by atoms with Crippen LogP contribution in [0, 0.1) is 13.8 Å². The fourth-order valence-corrected chi connectivity index (χ4v) is 2.29. The van der Waals surface area contributed by atoms with E-state index in [1.165, 1.54) is 16.7 Å². The molecule has 0 saturated carbocycles. The van der Waals surface area contributed by atoms with Gasteiger partial charge in [0.1, 0.15) is 0 Å². The summed E-state index contributed by atoms with van der Waals surface area (Å²) in [6.45, 7) is 4.81. The lowest BCUT2D eigenvalue weighted by Crippen LogP contribution is -2.07. The highest BCUT2D eigenvalue weighted by atomic mass is 15.3. The molecule has 2 aromatic carbocycles. The van der Waals surface area contributed by atoms with Crippen LogP contribution in [0.1, 0.15) is 16.7 Å². The Morgan fingerprint density at radius 3 is 2.70 bits per heavy atom. The SMILES string of the molecule is Cc1cccc(Nc2cnnc(NCc3ccccc3C)n2)c1. The van der Waals surface area contributed by atoms with E-state index in [4.69, 9.17) is 0 Å². The van der Waals surface area contributed by atoms with Gasteiger partial charge in [-0.1, -0.05) is 36.4 Å². The normalized spacial score (nSPS) is 10.3. The Bertz CT molecular complexity index is 801. The Labute approximate surface area is 135 Å². The van der Waals surface area contributed by atoms with E-state index in [2.05, 4.69) is 63.9 Å². The molecule has 0 saturated heterocycles. The molecule has 5 heteroatoms. The Balaban J connectivity index is 1.69. The van der Waals surface area contributed by atoms with Crippen molar-refractivity contribution in [2.45, 2.75) is 20.4 Å². The van der Waals surface area contributed by atoms with E-state index in [9.17, 15) is 0 Å². The van der Waals surface area contributed by atoms with Crippen LogP contribution >= 0.6 is 0 Å². The number of benzene rings is 2. The highest BCUT2D eigenvalue weighted by molar-refractivity contribution is 5.56. The molecule has 0 aliphatic heterocycles. The van der Waals surface area contributed by atoms with Crippen LogP contribution in [0.4, 0.5) is 17.5 Å². The summed E-state index contributed by atoms with van der Waals surface area (Å²) in [5, 5.41) is 14.5. The lowest BCUT2D eigenvalue weighted by atomic mass is 10.1. The van der Waals surface area contributed by atoms with Crippen LogP contribution in [0.3, 0.4) is 0 Å². The molecule has 0 amide bonds. The smallest absolute Gasteiger partial charge is 0.244 e. The molecule has 3 aromatic rings. The Kier molecular flexibility index (Phi) is 4.47. The van der Waals surface area contributed by atoms with Gasteiger partial charge in [0.05, 0.1) is 6.20 Å². The highest BCUT2D eigenvalue weighted by Crippen LogP contribution is 2.16. The summed E-state index contributed by atoms with van der Waals surface area (Å²) in [7, 11) is 0. The maximum atomic E-state index is 4.45. The van der Waals surface area contributed by atoms with Gasteiger partial charge in [0.15, 0.2) is 5.82 Å². The van der Waals surface area contributed by atoms with Gasteiger partial charge in [-0.3, -0.25) is 0 Å². The Hall–Kier alpha value is -2.95. The van der Waals surface area contributed by atoms with Gasteiger partial charge in [0, 0.05) is 12.2 Å². The monoisotopic (exact) mass is 305 g/mol. The minimum absolute atomic E-state index is 0.505. The van der Waals surface area contributed by atoms with Crippen LogP contribution in [0.2, 0.25) is 0 Å². The van der Waals surface area contributed by atoms with Gasteiger partial charge in [0.25, 0.3) is 0 Å². The van der Waals surface area contributed by atoms with Gasteiger partial charge >= 0.3 is 0 Å². The van der Waals surface area contributed by atoms with Crippen molar-refractivity contribution in [2.75, 3.05) is 10.6 Å². The molecule has 0 fully saturated rings. The summed E-state index contributed by atoms with van der Waals surface area (Å²) in [5.41, 5.74) is 4.63. The average Bonchev–Trinajstić information content (AvgIpc) is 2.54. The van der Waals surface area contributed by atoms with E-state index in [-0.39, 0.29) is 0 Å². The number of aryl methyl sites for hydroxylation is 2. The van der Waals surface area contributed by atoms with Crippen LogP contribution in [0.15, 0.2) is 54.7 Å². The molecule has 0 aliphatic rings. The van der Waals surface area contributed by atoms with Gasteiger partial charge in [-0.25, -0.2) is 0 Å². The molecule has 0 aliphatic carbocycles. The van der Waals surface area contributed by atoms with Crippen molar-refractivity contribution in [3.8, 4) is 0 Å². The first-order valence-electron chi connectivity index (χ1n) is 7.52. The molecule has 116 valence electrons. The van der Waals surface area contributed by atoms with Crippen LogP contribution in [-0.4, -0.2) is 15.2 Å². The second-order valence-corrected chi connectivity index (χ2v) is 5.44. The molecule has 23 heavy (non-hydrogen) atoms. The fraction of sp³-hybridized carbons (Fsp3) is 0.167. The number of hydrogen-bond donors (Lipinski definition) is 2. The van der Waals surface area contributed by atoms with Gasteiger partial charge in [0.2, 0.25) is 5.95 Å². The summed E-state index contributed by atoms with van der Waals surface area (Å²) in [4.78, 5) is 4.45. The molecule has 1 aromatic heterocycles. The van der Waals surface area contributed by atoms with Gasteiger partial charge < -0.3 is 10.6 Å². The molecule has 0 unspecified atom stereocenters. The zero-order valence-corrected chi connectivity index (χ0v) is 13.2. The predicted octanol–water partition coefficient (Wildman–Crippen LogP) is 3.84. The first kappa shape index (κ1) is 15.0. The van der Waals surface area contributed by atoms with Crippen molar-refractivity contribution in [2.24, 2.45) is 0 Å². The number of rotatable bonds is 5. The van der Waals surface area contributed by atoms with E-state index >= 15 is 0 Å². The predicted molar refractivity (Wildman–Crippen MR) is 92.8 cm³/mol. The van der Waals surface area contributed by atoms with Crippen LogP contribution in [0.25, 0.3) is 0 Å². The third-order valence-electron chi connectivity index (χ3n) is 3.55. The zero-order chi connectivity index (χ0) is 16.1. The first-order valence-corrected chi connectivity index (χ1v) is 7.52. The van der Waals surface area contributed by atoms with Crippen molar-refractivity contribution < 1.29 is 0 Å². The number of anilines is 3. The molecule has 0 spiro atoms. The number of nitrogens with one attached hydrogen (secondary N) is 2. The molecule has 0 radical (unpaired) electrons. The Morgan fingerprint density at radius 1 is 1.00 bits per heavy atom. The lowest BCUT2D eigenvalue weighted by Gasteiger charge is -2.09. The summed E-state index contributed by atoms with van der Waals surface area (Å²) >= 11 is 0. The number of nitrogens with zero attached hydrogens (tertiary/aromatic N) is 3. The van der Waals surface area contributed by atoms with Crippen molar-refractivity contribution >= 4 is 17.5 Å². The summed E-state index contributed by atoms with van der Waals surface area (Å²) < 4.78 is 0. The van der Waals surface area contributed by atoms with Gasteiger partial charge in [-0.05, 0) is 42.7 Å². The maximum absolute atomic E-state index is 4.45. The molecule has 2 N–H and O–H groups in total. The second-order valence-electron chi connectivity index (χ2n) is 5.44. The van der Waals surface area contributed by atoms with E-state index < -0.39 is 0 Å². The Morgan fingerprint density at radius 2 is 1.87 bits per heavy atom. The third-order valence-corrected chi connectivity index (χ3v) is 3.55. The average molecular weight is 305 g/mol. The fourth-order valence-electron chi connectivity index (χ4n) is 2.29. The maximum Gasteiger partial charge on any atom is 0.244 e. The standard InChI is InChI=1S/C18H19N5/c1-13-6-5-9-16(10-13)21-17-12-20-23-18(22-17)19-11-15-8-4-3-7-14(15)2/h3-10,12H,11H2,1-2H3,(H2,19,21,22,23). The highest BCUT2D eigenvalue weighted by Gasteiger charge is 2.03. The lowest BCUT2D eigenvalue weighted by molar-refractivity contribution is 0.946. The van der Waals surface area contributed by atoms with E-state index in [1.807, 2.05) is 24.3 Å². The zero-order valence-electron chi connectivity index (χ0n) is 13.2. The van der Waals surface area contributed by atoms with Gasteiger partial charge in [-0.2, -0.15) is 10.1 Å². The quantitative estimate of drug-likeness (QED) is 0.750.